The minimum atomic E-state index is -1.21. The van der Waals surface area contributed by atoms with Crippen LogP contribution in [0.3, 0.4) is 0 Å². The van der Waals surface area contributed by atoms with Gasteiger partial charge in [-0.3, -0.25) is 4.79 Å². The van der Waals surface area contributed by atoms with Gasteiger partial charge in [-0.2, -0.15) is 4.98 Å². The highest BCUT2D eigenvalue weighted by Gasteiger charge is 2.42. The zero-order valence-corrected chi connectivity index (χ0v) is 8.30. The molecule has 2 rings (SSSR count). The van der Waals surface area contributed by atoms with Gasteiger partial charge in [0.25, 0.3) is 0 Å². The maximum absolute atomic E-state index is 10.9. The molecule has 82 valence electrons. The molecule has 3 N–H and O–H groups in total. The largest absolute Gasteiger partial charge is 0.480 e. The Bertz CT molecular complexity index is 391. The highest BCUT2D eigenvalue weighted by molar-refractivity contribution is 5.80. The number of aromatic nitrogens is 2. The van der Waals surface area contributed by atoms with Crippen LogP contribution in [-0.2, 0) is 4.79 Å². The number of aryl methyl sites for hydroxylation is 1. The van der Waals surface area contributed by atoms with Gasteiger partial charge < -0.3 is 20.3 Å². The zero-order chi connectivity index (χ0) is 11.1. The Kier molecular flexibility index (Phi) is 2.11. The van der Waals surface area contributed by atoms with Crippen LogP contribution in [0.25, 0.3) is 0 Å². The lowest BCUT2D eigenvalue weighted by Crippen LogP contribution is -2.50. The number of carboxylic acid groups (broad SMARTS) is 1. The Balaban J connectivity index is 2.14. The van der Waals surface area contributed by atoms with Crippen molar-refractivity contribution in [2.45, 2.75) is 18.9 Å². The molecule has 7 nitrogen and oxygen atoms in total. The molecule has 0 aromatic carbocycles. The molecule has 1 aliphatic rings. The molecule has 0 radical (unpaired) electrons. The van der Waals surface area contributed by atoms with Gasteiger partial charge in [0.15, 0.2) is 5.82 Å². The van der Waals surface area contributed by atoms with Gasteiger partial charge in [0, 0.05) is 6.54 Å². The van der Waals surface area contributed by atoms with E-state index < -0.39 is 11.5 Å². The lowest BCUT2D eigenvalue weighted by atomic mass is 10.0. The smallest absolute Gasteiger partial charge is 0.325 e. The molecule has 1 aliphatic heterocycles. The van der Waals surface area contributed by atoms with Crippen LogP contribution in [0.15, 0.2) is 4.52 Å². The van der Waals surface area contributed by atoms with Crippen molar-refractivity contribution in [3.8, 4) is 0 Å². The number of anilines is 1. The van der Waals surface area contributed by atoms with Crippen LogP contribution in [0.2, 0.25) is 0 Å². The molecule has 7 heteroatoms. The second kappa shape index (κ2) is 3.20. The molecule has 1 atom stereocenters. The predicted octanol–water partition coefficient (Wildman–Crippen LogP) is -0.630. The molecule has 1 fully saturated rings. The third-order valence-corrected chi connectivity index (χ3v) is 2.51. The zero-order valence-electron chi connectivity index (χ0n) is 8.30. The van der Waals surface area contributed by atoms with Crippen LogP contribution in [0, 0.1) is 6.92 Å². The molecular formula is C8H12N4O3. The number of hydrogen-bond acceptors (Lipinski definition) is 6. The van der Waals surface area contributed by atoms with Crippen molar-refractivity contribution in [2.24, 2.45) is 5.73 Å². The molecule has 0 aliphatic carbocycles. The first-order valence-corrected chi connectivity index (χ1v) is 4.59. The highest BCUT2D eigenvalue weighted by atomic mass is 16.5. The van der Waals surface area contributed by atoms with E-state index in [-0.39, 0.29) is 6.54 Å². The Labute approximate surface area is 85.9 Å². The summed E-state index contributed by atoms with van der Waals surface area (Å²) in [6.45, 7) is 2.42. The van der Waals surface area contributed by atoms with Crippen LogP contribution in [0.5, 0.6) is 0 Å². The number of rotatable bonds is 2. The second-order valence-corrected chi connectivity index (χ2v) is 3.76. The molecule has 1 unspecified atom stereocenters. The van der Waals surface area contributed by atoms with Gasteiger partial charge in [-0.1, -0.05) is 5.16 Å². The molecule has 1 saturated heterocycles. The topological polar surface area (TPSA) is 105 Å². The van der Waals surface area contributed by atoms with Crippen LogP contribution in [0.1, 0.15) is 12.2 Å². The minimum absolute atomic E-state index is 0.198. The Morgan fingerprint density at radius 3 is 2.93 bits per heavy atom. The van der Waals surface area contributed by atoms with Crippen molar-refractivity contribution < 1.29 is 14.4 Å². The third-order valence-electron chi connectivity index (χ3n) is 2.51. The average Bonchev–Trinajstić information content (AvgIpc) is 2.73. The van der Waals surface area contributed by atoms with Gasteiger partial charge in [-0.25, -0.2) is 0 Å². The summed E-state index contributed by atoms with van der Waals surface area (Å²) in [4.78, 5) is 16.6. The normalized spacial score (nSPS) is 25.9. The number of nitrogens with zero attached hydrogens (tertiary/aromatic N) is 3. The number of carbonyl (C=O) groups is 1. The van der Waals surface area contributed by atoms with Gasteiger partial charge in [0.2, 0.25) is 0 Å². The van der Waals surface area contributed by atoms with E-state index in [2.05, 4.69) is 10.1 Å². The van der Waals surface area contributed by atoms with Crippen molar-refractivity contribution in [1.82, 2.24) is 10.1 Å². The molecule has 0 amide bonds. The summed E-state index contributed by atoms with van der Waals surface area (Å²) in [7, 11) is 0. The fraction of sp³-hybridized carbons (Fsp3) is 0.625. The third kappa shape index (κ3) is 1.65. The Morgan fingerprint density at radius 1 is 1.73 bits per heavy atom. The van der Waals surface area contributed by atoms with Crippen LogP contribution in [0.4, 0.5) is 6.01 Å². The van der Waals surface area contributed by atoms with Crippen LogP contribution in [-0.4, -0.2) is 39.8 Å². The van der Waals surface area contributed by atoms with E-state index in [1.165, 1.54) is 0 Å². The van der Waals surface area contributed by atoms with Gasteiger partial charge in [-0.05, 0) is 13.3 Å². The van der Waals surface area contributed by atoms with Crippen molar-refractivity contribution in [2.75, 3.05) is 18.0 Å². The predicted molar refractivity (Wildman–Crippen MR) is 50.4 cm³/mol. The Morgan fingerprint density at radius 2 is 2.47 bits per heavy atom. The van der Waals surface area contributed by atoms with Crippen molar-refractivity contribution in [3.05, 3.63) is 5.82 Å². The maximum atomic E-state index is 10.9. The first-order chi connectivity index (χ1) is 7.01. The maximum Gasteiger partial charge on any atom is 0.325 e. The second-order valence-electron chi connectivity index (χ2n) is 3.76. The summed E-state index contributed by atoms with van der Waals surface area (Å²) in [6.07, 6.45) is 0.379. The van der Waals surface area contributed by atoms with E-state index in [0.29, 0.717) is 24.8 Å². The van der Waals surface area contributed by atoms with Gasteiger partial charge >= 0.3 is 12.0 Å². The van der Waals surface area contributed by atoms with Gasteiger partial charge in [0.1, 0.15) is 5.54 Å². The first kappa shape index (κ1) is 9.91. The quantitative estimate of drug-likeness (QED) is 0.672. The SMILES string of the molecule is Cc1noc(N2CCC(N)(C(=O)O)C2)n1. The summed E-state index contributed by atoms with van der Waals surface area (Å²) in [5.41, 5.74) is 4.50. The lowest BCUT2D eigenvalue weighted by Gasteiger charge is -2.18. The summed E-state index contributed by atoms with van der Waals surface area (Å²) in [5.74, 6) is -0.476. The van der Waals surface area contributed by atoms with Crippen molar-refractivity contribution in [1.29, 1.82) is 0 Å². The van der Waals surface area contributed by atoms with E-state index in [4.69, 9.17) is 15.4 Å². The molecular weight excluding hydrogens is 200 g/mol. The first-order valence-electron chi connectivity index (χ1n) is 4.59. The van der Waals surface area contributed by atoms with Crippen LogP contribution >= 0.6 is 0 Å². The summed E-state index contributed by atoms with van der Waals surface area (Å²) >= 11 is 0. The van der Waals surface area contributed by atoms with E-state index in [1.807, 2.05) is 0 Å². The lowest BCUT2D eigenvalue weighted by molar-refractivity contribution is -0.142. The number of hydrogen-bond donors (Lipinski definition) is 2. The summed E-state index contributed by atoms with van der Waals surface area (Å²) < 4.78 is 4.94. The highest BCUT2D eigenvalue weighted by Crippen LogP contribution is 2.23. The molecule has 0 spiro atoms. The van der Waals surface area contributed by atoms with E-state index in [0.717, 1.165) is 0 Å². The molecule has 0 bridgehead atoms. The minimum Gasteiger partial charge on any atom is -0.480 e. The molecule has 0 saturated carbocycles. The average molecular weight is 212 g/mol. The van der Waals surface area contributed by atoms with E-state index >= 15 is 0 Å². The van der Waals surface area contributed by atoms with E-state index in [9.17, 15) is 4.79 Å². The van der Waals surface area contributed by atoms with Crippen LogP contribution < -0.4 is 10.6 Å². The molecule has 1 aromatic rings. The number of aliphatic carboxylic acids is 1. The van der Waals surface area contributed by atoms with Crippen molar-refractivity contribution >= 4 is 12.0 Å². The monoisotopic (exact) mass is 212 g/mol. The molecule has 1 aromatic heterocycles. The molecule has 15 heavy (non-hydrogen) atoms. The van der Waals surface area contributed by atoms with Gasteiger partial charge in [0.05, 0.1) is 6.54 Å². The van der Waals surface area contributed by atoms with E-state index in [1.54, 1.807) is 11.8 Å². The van der Waals surface area contributed by atoms with Gasteiger partial charge in [-0.15, -0.1) is 0 Å². The standard InChI is InChI=1S/C8H12N4O3/c1-5-10-7(15-11-5)12-3-2-8(9,4-12)6(13)14/h2-4,9H2,1H3,(H,13,14). The number of nitrogens with two attached hydrogens (primary N) is 1. The number of carboxylic acids is 1. The fourth-order valence-electron chi connectivity index (χ4n) is 1.59. The summed E-state index contributed by atoms with van der Waals surface area (Å²) in [6, 6.07) is 0.334. The Hall–Kier alpha value is -1.63. The molecule has 2 heterocycles. The fourth-order valence-corrected chi connectivity index (χ4v) is 1.59. The van der Waals surface area contributed by atoms with Crippen molar-refractivity contribution in [3.63, 3.8) is 0 Å². The summed E-state index contributed by atoms with van der Waals surface area (Å²) in [5, 5.41) is 12.6.